The van der Waals surface area contributed by atoms with Crippen LogP contribution in [0.2, 0.25) is 0 Å². The van der Waals surface area contributed by atoms with Gasteiger partial charge in [0.1, 0.15) is 0 Å². The molecule has 0 saturated carbocycles. The zero-order chi connectivity index (χ0) is 5.70. The standard InChI is InChI=1S/C4H8O3.H3N/c1-3-6-7-4(2)5;/h3H2,1-2H3;1H3. The van der Waals surface area contributed by atoms with Gasteiger partial charge in [-0.15, -0.1) is 0 Å². The van der Waals surface area contributed by atoms with Crippen LogP contribution in [0.15, 0.2) is 0 Å². The monoisotopic (exact) mass is 121 g/mol. The smallest absolute Gasteiger partial charge is 0.339 e. The first-order chi connectivity index (χ1) is 3.27. The summed E-state index contributed by atoms with van der Waals surface area (Å²) in [7, 11) is 0. The molecule has 0 rings (SSSR count). The van der Waals surface area contributed by atoms with Crippen LogP contribution in [0.1, 0.15) is 13.8 Å². The predicted octanol–water partition coefficient (Wildman–Crippen LogP) is 0.663. The molecule has 0 fully saturated rings. The molecular formula is C4H11NO3. The number of carbonyl (C=O) groups is 1. The lowest BCUT2D eigenvalue weighted by Gasteiger charge is -1.92. The third-order valence-corrected chi connectivity index (χ3v) is 0.294. The van der Waals surface area contributed by atoms with E-state index in [1.807, 2.05) is 0 Å². The molecule has 50 valence electrons. The van der Waals surface area contributed by atoms with E-state index >= 15 is 0 Å². The molecule has 3 N–H and O–H groups in total. The van der Waals surface area contributed by atoms with Crippen molar-refractivity contribution in [3.63, 3.8) is 0 Å². The van der Waals surface area contributed by atoms with Crippen molar-refractivity contribution in [2.75, 3.05) is 6.61 Å². The van der Waals surface area contributed by atoms with Gasteiger partial charge in [-0.25, -0.2) is 4.79 Å². The van der Waals surface area contributed by atoms with Crippen molar-refractivity contribution < 1.29 is 14.6 Å². The summed E-state index contributed by atoms with van der Waals surface area (Å²) < 4.78 is 0. The van der Waals surface area contributed by atoms with E-state index in [1.54, 1.807) is 6.92 Å². The highest BCUT2D eigenvalue weighted by Gasteiger charge is 1.86. The van der Waals surface area contributed by atoms with E-state index in [9.17, 15) is 4.79 Å². The molecule has 0 atom stereocenters. The van der Waals surface area contributed by atoms with Crippen LogP contribution in [0, 0.1) is 0 Å². The van der Waals surface area contributed by atoms with Gasteiger partial charge >= 0.3 is 5.97 Å². The van der Waals surface area contributed by atoms with Crippen molar-refractivity contribution in [3.05, 3.63) is 0 Å². The topological polar surface area (TPSA) is 70.5 Å². The summed E-state index contributed by atoms with van der Waals surface area (Å²) in [5.41, 5.74) is 0. The number of carbonyl (C=O) groups excluding carboxylic acids is 1. The Morgan fingerprint density at radius 1 is 1.62 bits per heavy atom. The molecule has 0 radical (unpaired) electrons. The maximum atomic E-state index is 9.86. The summed E-state index contributed by atoms with van der Waals surface area (Å²) in [5, 5.41) is 0. The van der Waals surface area contributed by atoms with Gasteiger partial charge in [0.05, 0.1) is 6.61 Å². The van der Waals surface area contributed by atoms with Gasteiger partial charge in [-0.05, 0) is 6.92 Å². The Morgan fingerprint density at radius 3 is 2.25 bits per heavy atom. The second-order valence-corrected chi connectivity index (χ2v) is 0.981. The molecule has 0 aliphatic carbocycles. The Hall–Kier alpha value is -0.610. The second-order valence-electron chi connectivity index (χ2n) is 0.981. The van der Waals surface area contributed by atoms with Crippen LogP contribution in [0.3, 0.4) is 0 Å². The molecule has 0 aliphatic rings. The van der Waals surface area contributed by atoms with Gasteiger partial charge in [-0.2, -0.15) is 4.89 Å². The minimum atomic E-state index is -0.415. The Labute approximate surface area is 48.3 Å². The van der Waals surface area contributed by atoms with E-state index in [0.717, 1.165) is 0 Å². The first-order valence-electron chi connectivity index (χ1n) is 2.07. The summed E-state index contributed by atoms with van der Waals surface area (Å²) in [6, 6.07) is 0. The van der Waals surface area contributed by atoms with Crippen LogP contribution >= 0.6 is 0 Å². The SMILES string of the molecule is CCOOC(C)=O.N. The number of rotatable bonds is 2. The van der Waals surface area contributed by atoms with Crippen molar-refractivity contribution in [1.82, 2.24) is 6.15 Å². The minimum Gasteiger partial charge on any atom is -0.344 e. The molecule has 0 spiro atoms. The summed E-state index contributed by atoms with van der Waals surface area (Å²) in [4.78, 5) is 18.2. The normalized spacial score (nSPS) is 7.25. The van der Waals surface area contributed by atoms with Gasteiger partial charge in [0.2, 0.25) is 0 Å². The third-order valence-electron chi connectivity index (χ3n) is 0.294. The molecule has 0 bridgehead atoms. The molecule has 0 unspecified atom stereocenters. The van der Waals surface area contributed by atoms with Gasteiger partial charge in [0.25, 0.3) is 0 Å². The summed E-state index contributed by atoms with van der Waals surface area (Å²) in [5.74, 6) is -0.415. The predicted molar refractivity (Wildman–Crippen MR) is 28.4 cm³/mol. The molecular weight excluding hydrogens is 110 g/mol. The molecule has 0 aromatic heterocycles. The van der Waals surface area contributed by atoms with Crippen molar-refractivity contribution in [3.8, 4) is 0 Å². The van der Waals surface area contributed by atoms with Crippen LogP contribution in [0.25, 0.3) is 0 Å². The highest BCUT2D eigenvalue weighted by Crippen LogP contribution is 1.75. The van der Waals surface area contributed by atoms with E-state index in [2.05, 4.69) is 9.78 Å². The zero-order valence-electron chi connectivity index (χ0n) is 5.14. The molecule has 0 amide bonds. The lowest BCUT2D eigenvalue weighted by Crippen LogP contribution is -1.98. The van der Waals surface area contributed by atoms with Gasteiger partial charge in [0.15, 0.2) is 0 Å². The quantitative estimate of drug-likeness (QED) is 0.430. The average molecular weight is 121 g/mol. The summed E-state index contributed by atoms with van der Waals surface area (Å²) in [6.07, 6.45) is 0. The highest BCUT2D eigenvalue weighted by molar-refractivity contribution is 5.65. The van der Waals surface area contributed by atoms with Crippen LogP contribution in [0.4, 0.5) is 0 Å². The molecule has 0 heterocycles. The fourth-order valence-electron chi connectivity index (χ4n) is 0.142. The van der Waals surface area contributed by atoms with Crippen molar-refractivity contribution in [1.29, 1.82) is 0 Å². The molecule has 0 saturated heterocycles. The van der Waals surface area contributed by atoms with Crippen molar-refractivity contribution >= 4 is 5.97 Å². The largest absolute Gasteiger partial charge is 0.344 e. The fraction of sp³-hybridized carbons (Fsp3) is 0.750. The highest BCUT2D eigenvalue weighted by atomic mass is 17.2. The van der Waals surface area contributed by atoms with Crippen molar-refractivity contribution in [2.24, 2.45) is 0 Å². The minimum absolute atomic E-state index is 0. The summed E-state index contributed by atoms with van der Waals surface area (Å²) in [6.45, 7) is 3.43. The number of hydrogen-bond donors (Lipinski definition) is 1. The Bertz CT molecular complexity index is 64.3. The van der Waals surface area contributed by atoms with Crippen LogP contribution < -0.4 is 6.15 Å². The second kappa shape index (κ2) is 6.39. The Morgan fingerprint density at radius 2 is 2.12 bits per heavy atom. The zero-order valence-corrected chi connectivity index (χ0v) is 5.14. The molecule has 0 aliphatic heterocycles. The molecule has 4 nitrogen and oxygen atoms in total. The van der Waals surface area contributed by atoms with Crippen LogP contribution in [0.5, 0.6) is 0 Å². The summed E-state index contributed by atoms with van der Waals surface area (Å²) >= 11 is 0. The first-order valence-corrected chi connectivity index (χ1v) is 2.07. The van der Waals surface area contributed by atoms with Gasteiger partial charge in [-0.3, -0.25) is 4.89 Å². The Balaban J connectivity index is 0. The number of hydrogen-bond acceptors (Lipinski definition) is 4. The van der Waals surface area contributed by atoms with E-state index in [4.69, 9.17) is 0 Å². The van der Waals surface area contributed by atoms with Crippen LogP contribution in [-0.2, 0) is 14.6 Å². The van der Waals surface area contributed by atoms with Gasteiger partial charge < -0.3 is 6.15 Å². The van der Waals surface area contributed by atoms with E-state index in [0.29, 0.717) is 6.61 Å². The lowest BCUT2D eigenvalue weighted by molar-refractivity contribution is -0.267. The van der Waals surface area contributed by atoms with E-state index in [1.165, 1.54) is 6.92 Å². The lowest BCUT2D eigenvalue weighted by atomic mass is 10.8. The van der Waals surface area contributed by atoms with E-state index in [-0.39, 0.29) is 6.15 Å². The molecule has 8 heavy (non-hydrogen) atoms. The average Bonchev–Trinajstić information content (AvgIpc) is 1.61. The van der Waals surface area contributed by atoms with Crippen LogP contribution in [-0.4, -0.2) is 12.6 Å². The van der Waals surface area contributed by atoms with Crippen molar-refractivity contribution in [2.45, 2.75) is 13.8 Å². The van der Waals surface area contributed by atoms with E-state index < -0.39 is 5.97 Å². The molecule has 0 aromatic carbocycles. The van der Waals surface area contributed by atoms with Gasteiger partial charge in [0, 0.05) is 6.92 Å². The third kappa shape index (κ3) is 9.04. The maximum absolute atomic E-state index is 9.86. The first kappa shape index (κ1) is 10.4. The molecule has 0 aromatic rings. The maximum Gasteiger partial charge on any atom is 0.339 e. The Kier molecular flexibility index (Phi) is 8.30. The fourth-order valence-corrected chi connectivity index (χ4v) is 0.142. The van der Waals surface area contributed by atoms with Gasteiger partial charge in [-0.1, -0.05) is 0 Å². The molecule has 4 heteroatoms.